The zero-order valence-corrected chi connectivity index (χ0v) is 22.0. The van der Waals surface area contributed by atoms with Crippen molar-refractivity contribution in [1.82, 2.24) is 14.9 Å². The van der Waals surface area contributed by atoms with Gasteiger partial charge < -0.3 is 24.8 Å². The maximum Gasteiger partial charge on any atom is 0.417 e. The van der Waals surface area contributed by atoms with E-state index in [1.54, 1.807) is 12.1 Å². The van der Waals surface area contributed by atoms with Gasteiger partial charge in [0.25, 0.3) is 5.91 Å². The minimum atomic E-state index is -4.93. The van der Waals surface area contributed by atoms with Crippen LogP contribution in [0.2, 0.25) is 0 Å². The molecule has 0 spiro atoms. The summed E-state index contributed by atoms with van der Waals surface area (Å²) in [4.78, 5) is 35.2. The van der Waals surface area contributed by atoms with E-state index in [-0.39, 0.29) is 17.3 Å². The van der Waals surface area contributed by atoms with Crippen LogP contribution in [0.25, 0.3) is 11.1 Å². The molecule has 2 aliphatic rings. The van der Waals surface area contributed by atoms with Crippen LogP contribution in [0.1, 0.15) is 35.7 Å². The number of nitrogens with zero attached hydrogens (tertiary/aromatic N) is 3. The Labute approximate surface area is 228 Å². The number of hydrogen-bond donors (Lipinski definition) is 2. The highest BCUT2D eigenvalue weighted by Gasteiger charge is 2.36. The van der Waals surface area contributed by atoms with Crippen molar-refractivity contribution in [3.05, 3.63) is 70.0 Å². The average molecular weight is 560 g/mol. The first-order valence-corrected chi connectivity index (χ1v) is 13.0. The molecule has 1 saturated heterocycles. The molecule has 1 amide bonds. The Hall–Kier alpha value is -3.93. The number of carbonyl (C=O) groups excluding carboxylic acids is 1. The molecule has 12 heteroatoms. The van der Waals surface area contributed by atoms with Crippen molar-refractivity contribution in [1.29, 1.82) is 0 Å². The Morgan fingerprint density at radius 1 is 1.20 bits per heavy atom. The number of anilines is 2. The van der Waals surface area contributed by atoms with Gasteiger partial charge in [-0.3, -0.25) is 9.59 Å². The van der Waals surface area contributed by atoms with Crippen molar-refractivity contribution in [3.63, 3.8) is 0 Å². The Bertz CT molecular complexity index is 1450. The highest BCUT2D eigenvalue weighted by Crippen LogP contribution is 2.37. The number of aromatic nitrogens is 2. The lowest BCUT2D eigenvalue weighted by atomic mass is 10.0. The molecule has 212 valence electrons. The van der Waals surface area contributed by atoms with Crippen LogP contribution in [0.15, 0.2) is 47.5 Å². The summed E-state index contributed by atoms with van der Waals surface area (Å²) in [6, 6.07) is 6.39. The number of H-pyrrole nitrogens is 1. The fourth-order valence-electron chi connectivity index (χ4n) is 4.61. The van der Waals surface area contributed by atoms with E-state index in [0.717, 1.165) is 19.0 Å². The number of halogens is 4. The van der Waals surface area contributed by atoms with E-state index in [1.165, 1.54) is 18.3 Å². The van der Waals surface area contributed by atoms with Crippen LogP contribution >= 0.6 is 0 Å². The van der Waals surface area contributed by atoms with E-state index >= 15 is 4.39 Å². The van der Waals surface area contributed by atoms with Gasteiger partial charge in [-0.05, 0) is 50.9 Å². The van der Waals surface area contributed by atoms with E-state index in [1.807, 2.05) is 18.9 Å². The third-order valence-corrected chi connectivity index (χ3v) is 7.32. The Morgan fingerprint density at radius 2 is 1.98 bits per heavy atom. The van der Waals surface area contributed by atoms with Crippen LogP contribution < -0.4 is 20.5 Å². The van der Waals surface area contributed by atoms with Crippen molar-refractivity contribution < 1.29 is 27.1 Å². The summed E-state index contributed by atoms with van der Waals surface area (Å²) in [7, 11) is 1.97. The lowest BCUT2D eigenvalue weighted by Crippen LogP contribution is -2.50. The van der Waals surface area contributed by atoms with Crippen molar-refractivity contribution in [2.75, 3.05) is 43.5 Å². The van der Waals surface area contributed by atoms with Gasteiger partial charge in [-0.2, -0.15) is 13.2 Å². The van der Waals surface area contributed by atoms with E-state index in [9.17, 15) is 22.8 Å². The number of ether oxygens (including phenoxy) is 1. The second-order valence-electron chi connectivity index (χ2n) is 10.3. The second-order valence-corrected chi connectivity index (χ2v) is 10.3. The number of nitrogens with one attached hydrogen (secondary N) is 2. The smallest absolute Gasteiger partial charge is 0.417 e. The molecule has 1 saturated carbocycles. The van der Waals surface area contributed by atoms with E-state index in [4.69, 9.17) is 4.74 Å². The van der Waals surface area contributed by atoms with Crippen LogP contribution in [0.5, 0.6) is 5.88 Å². The summed E-state index contributed by atoms with van der Waals surface area (Å²) in [5, 5.41) is 2.54. The number of hydrogen-bond acceptors (Lipinski definition) is 6. The van der Waals surface area contributed by atoms with Gasteiger partial charge in [-0.1, -0.05) is 0 Å². The molecule has 1 aromatic carbocycles. The second kappa shape index (κ2) is 10.9. The molecule has 1 aliphatic heterocycles. The lowest BCUT2D eigenvalue weighted by Gasteiger charge is -2.39. The van der Waals surface area contributed by atoms with Gasteiger partial charge in [-0.25, -0.2) is 9.37 Å². The molecule has 2 fully saturated rings. The zero-order chi connectivity index (χ0) is 28.6. The summed E-state index contributed by atoms with van der Waals surface area (Å²) < 4.78 is 62.1. The number of amides is 1. The van der Waals surface area contributed by atoms with Crippen LogP contribution in [0, 0.1) is 11.7 Å². The normalized spacial score (nSPS) is 18.1. The molecule has 0 bridgehead atoms. The molecule has 0 radical (unpaired) electrons. The molecule has 3 aromatic rings. The highest BCUT2D eigenvalue weighted by molar-refractivity contribution is 6.07. The third-order valence-electron chi connectivity index (χ3n) is 7.32. The molecule has 2 aromatic heterocycles. The fourth-order valence-corrected chi connectivity index (χ4v) is 4.61. The van der Waals surface area contributed by atoms with Crippen LogP contribution in [-0.4, -0.2) is 60.1 Å². The SMILES string of the molecule is C[C@H]1CN(c2cc(F)c(-c3ccc(OCC4CC4)nc3)cc2NC(=O)c2c[nH]c(=O)cc2C(F)(F)F)CCN1C. The van der Waals surface area contributed by atoms with Gasteiger partial charge in [0.15, 0.2) is 0 Å². The first kappa shape index (κ1) is 27.6. The quantitative estimate of drug-likeness (QED) is 0.405. The van der Waals surface area contributed by atoms with Crippen LogP contribution in [0.4, 0.5) is 28.9 Å². The molecule has 3 heterocycles. The number of pyridine rings is 2. The summed E-state index contributed by atoms with van der Waals surface area (Å²) in [6.45, 7) is 4.27. The monoisotopic (exact) mass is 559 g/mol. The minimum absolute atomic E-state index is 0.111. The number of likely N-dealkylation sites (N-methyl/N-ethyl adjacent to an activating group) is 1. The molecule has 8 nitrogen and oxygen atoms in total. The number of aromatic amines is 1. The fraction of sp³-hybridized carbons (Fsp3) is 0.393. The largest absolute Gasteiger partial charge is 0.477 e. The standard InChI is InChI=1S/C28H29F4N5O3/c1-16-14-37(8-7-36(16)2)24-11-22(29)19(18-5-6-26(34-12-18)40-15-17-3-4-17)9-23(24)35-27(39)20-13-33-25(38)10-21(20)28(30,31)32/h5-6,9-13,16-17H,3-4,7-8,14-15H2,1-2H3,(H,33,38)(H,35,39)/t16-/m0/s1. The van der Waals surface area contributed by atoms with Gasteiger partial charge in [0.05, 0.1) is 29.1 Å². The van der Waals surface area contributed by atoms with E-state index < -0.39 is 34.6 Å². The molecule has 1 atom stereocenters. The van der Waals surface area contributed by atoms with Crippen LogP contribution in [-0.2, 0) is 6.18 Å². The number of piperazine rings is 1. The molecule has 1 aliphatic carbocycles. The zero-order valence-electron chi connectivity index (χ0n) is 22.0. The van der Waals surface area contributed by atoms with Crippen molar-refractivity contribution >= 4 is 17.3 Å². The number of rotatable bonds is 7. The summed E-state index contributed by atoms with van der Waals surface area (Å²) in [6.07, 6.45) is -0.501. The van der Waals surface area contributed by atoms with Crippen molar-refractivity contribution in [2.45, 2.75) is 32.0 Å². The third kappa shape index (κ3) is 6.11. The predicted octanol–water partition coefficient (Wildman–Crippen LogP) is 4.78. The van der Waals surface area contributed by atoms with E-state index in [2.05, 4.69) is 20.2 Å². The van der Waals surface area contributed by atoms with Gasteiger partial charge in [0.2, 0.25) is 11.4 Å². The minimum Gasteiger partial charge on any atom is -0.477 e. The molecular formula is C28H29F4N5O3. The van der Waals surface area contributed by atoms with Gasteiger partial charge in [0.1, 0.15) is 5.82 Å². The number of benzene rings is 1. The Kier molecular flexibility index (Phi) is 7.54. The molecule has 40 heavy (non-hydrogen) atoms. The van der Waals surface area contributed by atoms with Gasteiger partial charge in [-0.15, -0.1) is 0 Å². The van der Waals surface area contributed by atoms with Gasteiger partial charge in [0, 0.05) is 61.3 Å². The summed E-state index contributed by atoms with van der Waals surface area (Å²) in [5.41, 5.74) is -2.12. The van der Waals surface area contributed by atoms with Crippen molar-refractivity contribution in [2.24, 2.45) is 5.92 Å². The topological polar surface area (TPSA) is 90.6 Å². The molecule has 5 rings (SSSR count). The number of alkyl halides is 3. The Morgan fingerprint density at radius 3 is 2.62 bits per heavy atom. The maximum atomic E-state index is 15.5. The number of carbonyl (C=O) groups is 1. The molecular weight excluding hydrogens is 530 g/mol. The molecule has 2 N–H and O–H groups in total. The summed E-state index contributed by atoms with van der Waals surface area (Å²) >= 11 is 0. The van der Waals surface area contributed by atoms with Gasteiger partial charge >= 0.3 is 6.18 Å². The average Bonchev–Trinajstić information content (AvgIpc) is 3.74. The highest BCUT2D eigenvalue weighted by atomic mass is 19.4. The van der Waals surface area contributed by atoms with Crippen LogP contribution in [0.3, 0.4) is 0 Å². The van der Waals surface area contributed by atoms with Crippen molar-refractivity contribution in [3.8, 4) is 17.0 Å². The maximum absolute atomic E-state index is 15.5. The predicted molar refractivity (Wildman–Crippen MR) is 142 cm³/mol. The molecule has 0 unspecified atom stereocenters. The van der Waals surface area contributed by atoms with E-state index in [0.29, 0.717) is 55.4 Å². The summed E-state index contributed by atoms with van der Waals surface area (Å²) in [5.74, 6) is -0.722. The first-order chi connectivity index (χ1) is 19.0. The Balaban J connectivity index is 1.51. The lowest BCUT2D eigenvalue weighted by molar-refractivity contribution is -0.138. The first-order valence-electron chi connectivity index (χ1n) is 13.0.